The number of nitrogens with zero attached hydrogens (tertiary/aromatic N) is 3. The van der Waals surface area contributed by atoms with Crippen LogP contribution in [0.2, 0.25) is 0 Å². The first-order valence-corrected chi connectivity index (χ1v) is 8.07. The lowest BCUT2D eigenvalue weighted by atomic mass is 10.1. The number of hydrogen-bond acceptors (Lipinski definition) is 5. The van der Waals surface area contributed by atoms with E-state index in [4.69, 9.17) is 10.7 Å². The number of imidazole rings is 1. The minimum Gasteiger partial charge on any atom is -0.350 e. The van der Waals surface area contributed by atoms with E-state index in [-0.39, 0.29) is 0 Å². The molecule has 1 aliphatic heterocycles. The highest BCUT2D eigenvalue weighted by Gasteiger charge is 2.23. The summed E-state index contributed by atoms with van der Waals surface area (Å²) >= 11 is 3.52. The predicted molar refractivity (Wildman–Crippen MR) is 80.0 cm³/mol. The van der Waals surface area contributed by atoms with E-state index in [0.29, 0.717) is 6.54 Å². The second-order valence-corrected chi connectivity index (χ2v) is 6.56. The Kier molecular flexibility index (Phi) is 2.61. The summed E-state index contributed by atoms with van der Waals surface area (Å²) in [4.78, 5) is 9.67. The molecule has 3 aromatic heterocycles. The maximum atomic E-state index is 5.92. The predicted octanol–water partition coefficient (Wildman–Crippen LogP) is 2.48. The van der Waals surface area contributed by atoms with Crippen LogP contribution in [0.25, 0.3) is 4.96 Å². The highest BCUT2D eigenvalue weighted by molar-refractivity contribution is 7.15. The van der Waals surface area contributed by atoms with Gasteiger partial charge in [0.05, 0.1) is 5.69 Å². The molecule has 2 N–H and O–H groups in total. The Morgan fingerprint density at radius 1 is 1.32 bits per heavy atom. The molecule has 0 spiro atoms. The van der Waals surface area contributed by atoms with Gasteiger partial charge in [-0.3, -0.25) is 4.40 Å². The molecule has 4 heterocycles. The van der Waals surface area contributed by atoms with Crippen molar-refractivity contribution in [3.63, 3.8) is 0 Å². The highest BCUT2D eigenvalue weighted by atomic mass is 32.1. The van der Waals surface area contributed by atoms with Crippen LogP contribution in [0.15, 0.2) is 23.0 Å². The van der Waals surface area contributed by atoms with Gasteiger partial charge in [-0.25, -0.2) is 4.98 Å². The van der Waals surface area contributed by atoms with E-state index < -0.39 is 0 Å². The number of thiazole rings is 1. The summed E-state index contributed by atoms with van der Waals surface area (Å²) in [5.74, 6) is 1.06. The molecule has 6 heteroatoms. The van der Waals surface area contributed by atoms with Gasteiger partial charge in [-0.05, 0) is 23.4 Å². The van der Waals surface area contributed by atoms with Crippen LogP contribution in [0.5, 0.6) is 0 Å². The molecule has 4 nitrogen and oxygen atoms in total. The van der Waals surface area contributed by atoms with E-state index >= 15 is 0 Å². The number of hydrogen-bond donors (Lipinski definition) is 1. The summed E-state index contributed by atoms with van der Waals surface area (Å²) in [5, 5.41) is 4.24. The van der Waals surface area contributed by atoms with Crippen molar-refractivity contribution < 1.29 is 0 Å². The molecule has 0 unspecified atom stereocenters. The van der Waals surface area contributed by atoms with Crippen LogP contribution in [0.3, 0.4) is 0 Å². The number of fused-ring (bicyclic) bond motifs is 2. The molecular formula is C13H14N4S2. The molecule has 19 heavy (non-hydrogen) atoms. The van der Waals surface area contributed by atoms with E-state index in [2.05, 4.69) is 32.3 Å². The molecule has 0 radical (unpaired) electrons. The number of nitrogens with two attached hydrogens (primary N) is 1. The van der Waals surface area contributed by atoms with Crippen molar-refractivity contribution in [3.05, 3.63) is 39.2 Å². The topological polar surface area (TPSA) is 46.6 Å². The molecule has 0 fully saturated rings. The lowest BCUT2D eigenvalue weighted by Gasteiger charge is -2.27. The van der Waals surface area contributed by atoms with Gasteiger partial charge < -0.3 is 10.6 Å². The van der Waals surface area contributed by atoms with Gasteiger partial charge in [-0.1, -0.05) is 0 Å². The average Bonchev–Trinajstić information content (AvgIpc) is 3.12. The largest absolute Gasteiger partial charge is 0.350 e. The van der Waals surface area contributed by atoms with E-state index in [1.54, 1.807) is 11.3 Å². The molecule has 1 aliphatic rings. The van der Waals surface area contributed by atoms with Crippen molar-refractivity contribution in [1.29, 1.82) is 0 Å². The molecule has 98 valence electrons. The van der Waals surface area contributed by atoms with E-state index in [1.165, 1.54) is 10.4 Å². The normalized spacial score (nSPS) is 15.1. The molecule has 0 saturated carbocycles. The molecule has 0 saturated heterocycles. The van der Waals surface area contributed by atoms with Gasteiger partial charge in [-0.2, -0.15) is 0 Å². The minimum absolute atomic E-state index is 0.528. The van der Waals surface area contributed by atoms with Crippen molar-refractivity contribution in [3.8, 4) is 0 Å². The second kappa shape index (κ2) is 4.33. The fraction of sp³-hybridized carbons (Fsp3) is 0.308. The van der Waals surface area contributed by atoms with Crippen LogP contribution >= 0.6 is 22.7 Å². The van der Waals surface area contributed by atoms with Crippen molar-refractivity contribution in [2.75, 3.05) is 11.4 Å². The molecule has 0 bridgehead atoms. The molecular weight excluding hydrogens is 276 g/mol. The zero-order chi connectivity index (χ0) is 12.8. The van der Waals surface area contributed by atoms with Crippen LogP contribution in [0, 0.1) is 0 Å². The van der Waals surface area contributed by atoms with E-state index in [0.717, 1.165) is 36.0 Å². The SMILES string of the molecule is NCc1c(N2CCc3sccc3C2)nc2sccn12. The summed E-state index contributed by atoms with van der Waals surface area (Å²) in [6.45, 7) is 2.52. The molecule has 3 aromatic rings. The first-order valence-electron chi connectivity index (χ1n) is 6.31. The lowest BCUT2D eigenvalue weighted by Crippen LogP contribution is -2.30. The van der Waals surface area contributed by atoms with Gasteiger partial charge in [-0.15, -0.1) is 22.7 Å². The fourth-order valence-electron chi connectivity index (χ4n) is 2.69. The molecule has 0 atom stereocenters. The summed E-state index contributed by atoms with van der Waals surface area (Å²) < 4.78 is 2.11. The summed E-state index contributed by atoms with van der Waals surface area (Å²) in [6.07, 6.45) is 3.17. The van der Waals surface area contributed by atoms with Crippen LogP contribution in [0.4, 0.5) is 5.82 Å². The van der Waals surface area contributed by atoms with Gasteiger partial charge in [0.1, 0.15) is 0 Å². The van der Waals surface area contributed by atoms with E-state index in [1.807, 2.05) is 11.3 Å². The number of rotatable bonds is 2. The Bertz CT molecular complexity index is 724. The van der Waals surface area contributed by atoms with Crippen LogP contribution in [-0.2, 0) is 19.5 Å². The second-order valence-electron chi connectivity index (χ2n) is 4.68. The lowest BCUT2D eigenvalue weighted by molar-refractivity contribution is 0.727. The Morgan fingerprint density at radius 3 is 3.16 bits per heavy atom. The number of thiophene rings is 1. The number of aromatic nitrogens is 2. The summed E-state index contributed by atoms with van der Waals surface area (Å²) in [7, 11) is 0. The van der Waals surface area contributed by atoms with Crippen LogP contribution in [-0.4, -0.2) is 15.9 Å². The molecule has 0 aliphatic carbocycles. The summed E-state index contributed by atoms with van der Waals surface area (Å²) in [6, 6.07) is 2.23. The Balaban J connectivity index is 1.77. The third-order valence-corrected chi connectivity index (χ3v) is 5.42. The minimum atomic E-state index is 0.528. The first-order chi connectivity index (χ1) is 9.36. The zero-order valence-electron chi connectivity index (χ0n) is 10.4. The fourth-order valence-corrected chi connectivity index (χ4v) is 4.31. The molecule has 4 rings (SSSR count). The van der Waals surface area contributed by atoms with E-state index in [9.17, 15) is 0 Å². The Morgan fingerprint density at radius 2 is 2.26 bits per heavy atom. The van der Waals surface area contributed by atoms with Crippen LogP contribution in [0.1, 0.15) is 16.1 Å². The summed E-state index contributed by atoms with van der Waals surface area (Å²) in [5.41, 5.74) is 8.48. The van der Waals surface area contributed by atoms with Crippen molar-refractivity contribution in [1.82, 2.24) is 9.38 Å². The average molecular weight is 290 g/mol. The van der Waals surface area contributed by atoms with Gasteiger partial charge in [0.25, 0.3) is 0 Å². The maximum absolute atomic E-state index is 5.92. The van der Waals surface area contributed by atoms with Gasteiger partial charge in [0.15, 0.2) is 10.8 Å². The standard InChI is InChI=1S/C13H14N4S2/c14-7-10-12(15-13-17(10)4-6-19-13)16-3-1-11-9(8-16)2-5-18-11/h2,4-6H,1,3,7-8,14H2. The highest BCUT2D eigenvalue weighted by Crippen LogP contribution is 2.30. The quantitative estimate of drug-likeness (QED) is 0.788. The molecule has 0 amide bonds. The van der Waals surface area contributed by atoms with Crippen LogP contribution < -0.4 is 10.6 Å². The van der Waals surface area contributed by atoms with Gasteiger partial charge >= 0.3 is 0 Å². The molecule has 0 aromatic carbocycles. The van der Waals surface area contributed by atoms with Gasteiger partial charge in [0.2, 0.25) is 0 Å². The number of anilines is 1. The van der Waals surface area contributed by atoms with Crippen molar-refractivity contribution in [2.24, 2.45) is 5.73 Å². The monoisotopic (exact) mass is 290 g/mol. The third kappa shape index (κ3) is 1.71. The van der Waals surface area contributed by atoms with Gasteiger partial charge in [0, 0.05) is 36.1 Å². The van der Waals surface area contributed by atoms with Crippen molar-refractivity contribution >= 4 is 33.5 Å². The maximum Gasteiger partial charge on any atom is 0.195 e. The smallest absolute Gasteiger partial charge is 0.195 e. The zero-order valence-corrected chi connectivity index (χ0v) is 12.0. The first kappa shape index (κ1) is 11.5. The Hall–Kier alpha value is -1.37. The van der Waals surface area contributed by atoms with Crippen molar-refractivity contribution in [2.45, 2.75) is 19.5 Å². The Labute approximate surface area is 119 Å². The third-order valence-electron chi connectivity index (χ3n) is 3.64.